The Bertz CT molecular complexity index is 1410. The summed E-state index contributed by atoms with van der Waals surface area (Å²) in [5.41, 5.74) is 4.94. The molecule has 35 heavy (non-hydrogen) atoms. The standard InChI is InChI=1S/C30H24BrNO3/c1-33-27-17-16-21(18-28(27)34-2)30-23(19-32-25-14-8-7-13-24(25)31)29(20-10-4-3-5-11-20)22-12-6-9-15-26(22)35-30/h3-19,29H,1-2H3. The Balaban J connectivity index is 1.75. The fourth-order valence-corrected chi connectivity index (χ4v) is 4.70. The summed E-state index contributed by atoms with van der Waals surface area (Å²) >= 11 is 3.61. The van der Waals surface area contributed by atoms with Gasteiger partial charge in [-0.05, 0) is 57.9 Å². The van der Waals surface area contributed by atoms with Crippen LogP contribution in [0, 0.1) is 0 Å². The SMILES string of the molecule is COc1ccc(C2=C(C=Nc3ccccc3Br)C(c3ccccc3)c3ccccc3O2)cc1OC. The number of hydrogen-bond acceptors (Lipinski definition) is 4. The molecule has 1 heterocycles. The van der Waals surface area contributed by atoms with Crippen LogP contribution in [0.15, 0.2) is 112 Å². The minimum atomic E-state index is -0.0597. The maximum Gasteiger partial charge on any atom is 0.161 e. The van der Waals surface area contributed by atoms with Crippen LogP contribution in [0.1, 0.15) is 22.6 Å². The molecule has 5 rings (SSSR count). The van der Waals surface area contributed by atoms with Crippen molar-refractivity contribution in [1.82, 2.24) is 0 Å². The normalized spacial score (nSPS) is 15.0. The molecule has 0 radical (unpaired) electrons. The van der Waals surface area contributed by atoms with Gasteiger partial charge in [0.25, 0.3) is 0 Å². The molecule has 0 fully saturated rings. The van der Waals surface area contributed by atoms with Crippen molar-refractivity contribution in [3.63, 3.8) is 0 Å². The number of fused-ring (bicyclic) bond motifs is 1. The highest BCUT2D eigenvalue weighted by molar-refractivity contribution is 9.10. The molecule has 0 aliphatic carbocycles. The first-order chi connectivity index (χ1) is 17.2. The van der Waals surface area contributed by atoms with Crippen LogP contribution in [0.5, 0.6) is 17.2 Å². The van der Waals surface area contributed by atoms with Gasteiger partial charge in [0, 0.05) is 33.3 Å². The van der Waals surface area contributed by atoms with Crippen molar-refractivity contribution >= 4 is 33.6 Å². The van der Waals surface area contributed by atoms with E-state index in [-0.39, 0.29) is 5.92 Å². The largest absolute Gasteiger partial charge is 0.493 e. The summed E-state index contributed by atoms with van der Waals surface area (Å²) in [5.74, 6) is 2.79. The first-order valence-corrected chi connectivity index (χ1v) is 12.1. The van der Waals surface area contributed by atoms with E-state index in [4.69, 9.17) is 19.2 Å². The molecule has 5 heteroatoms. The third-order valence-electron chi connectivity index (χ3n) is 5.99. The zero-order valence-corrected chi connectivity index (χ0v) is 21.0. The number of aliphatic imine (C=N–C) groups is 1. The molecule has 1 atom stereocenters. The Kier molecular flexibility index (Phi) is 6.68. The van der Waals surface area contributed by atoms with E-state index in [1.807, 2.05) is 72.9 Å². The quantitative estimate of drug-likeness (QED) is 0.241. The highest BCUT2D eigenvalue weighted by atomic mass is 79.9. The fraction of sp³-hybridized carbons (Fsp3) is 0.100. The molecular weight excluding hydrogens is 502 g/mol. The van der Waals surface area contributed by atoms with Gasteiger partial charge in [-0.15, -0.1) is 0 Å². The number of para-hydroxylation sites is 2. The predicted octanol–water partition coefficient (Wildman–Crippen LogP) is 7.80. The monoisotopic (exact) mass is 525 g/mol. The molecule has 174 valence electrons. The molecule has 1 aliphatic heterocycles. The number of methoxy groups -OCH3 is 2. The van der Waals surface area contributed by atoms with Gasteiger partial charge < -0.3 is 14.2 Å². The Hall–Kier alpha value is -3.83. The van der Waals surface area contributed by atoms with Crippen LogP contribution in [-0.2, 0) is 0 Å². The van der Waals surface area contributed by atoms with Crippen molar-refractivity contribution in [2.75, 3.05) is 14.2 Å². The summed E-state index contributed by atoms with van der Waals surface area (Å²) in [4.78, 5) is 4.86. The van der Waals surface area contributed by atoms with Gasteiger partial charge in [0.05, 0.1) is 19.9 Å². The number of ether oxygens (including phenoxy) is 3. The van der Waals surface area contributed by atoms with E-state index in [9.17, 15) is 0 Å². The summed E-state index contributed by atoms with van der Waals surface area (Å²) < 4.78 is 18.5. The Labute approximate surface area is 213 Å². The van der Waals surface area contributed by atoms with Crippen LogP contribution in [0.2, 0.25) is 0 Å². The molecule has 4 nitrogen and oxygen atoms in total. The molecule has 4 aromatic carbocycles. The first-order valence-electron chi connectivity index (χ1n) is 11.3. The highest BCUT2D eigenvalue weighted by Crippen LogP contribution is 2.46. The lowest BCUT2D eigenvalue weighted by molar-refractivity contribution is 0.354. The summed E-state index contributed by atoms with van der Waals surface area (Å²) in [7, 11) is 3.26. The number of rotatable bonds is 6. The van der Waals surface area contributed by atoms with Gasteiger partial charge >= 0.3 is 0 Å². The van der Waals surface area contributed by atoms with Crippen LogP contribution >= 0.6 is 15.9 Å². The average molecular weight is 526 g/mol. The number of halogens is 1. The summed E-state index contributed by atoms with van der Waals surface area (Å²) in [6, 6.07) is 32.3. The predicted molar refractivity (Wildman–Crippen MR) is 144 cm³/mol. The van der Waals surface area contributed by atoms with E-state index in [2.05, 4.69) is 46.3 Å². The van der Waals surface area contributed by atoms with Crippen LogP contribution in [-0.4, -0.2) is 20.4 Å². The van der Waals surface area contributed by atoms with Crippen molar-refractivity contribution in [3.8, 4) is 17.2 Å². The Morgan fingerprint density at radius 1 is 0.800 bits per heavy atom. The van der Waals surface area contributed by atoms with Gasteiger partial charge in [-0.1, -0.05) is 60.7 Å². The van der Waals surface area contributed by atoms with Crippen LogP contribution in [0.4, 0.5) is 5.69 Å². The Morgan fingerprint density at radius 2 is 1.51 bits per heavy atom. The number of allylic oxidation sites excluding steroid dienone is 1. The molecule has 1 aliphatic rings. The van der Waals surface area contributed by atoms with E-state index in [0.717, 1.165) is 43.9 Å². The van der Waals surface area contributed by atoms with Crippen LogP contribution < -0.4 is 14.2 Å². The first kappa shape index (κ1) is 22.9. The van der Waals surface area contributed by atoms with Gasteiger partial charge in [0.1, 0.15) is 11.5 Å². The van der Waals surface area contributed by atoms with Gasteiger partial charge in [0.15, 0.2) is 11.5 Å². The van der Waals surface area contributed by atoms with E-state index in [0.29, 0.717) is 11.5 Å². The summed E-state index contributed by atoms with van der Waals surface area (Å²) in [6.07, 6.45) is 1.92. The topological polar surface area (TPSA) is 40.0 Å². The van der Waals surface area contributed by atoms with Crippen molar-refractivity contribution in [2.24, 2.45) is 4.99 Å². The molecular formula is C30H24BrNO3. The van der Waals surface area contributed by atoms with Crippen LogP contribution in [0.3, 0.4) is 0 Å². The third kappa shape index (κ3) is 4.60. The maximum atomic E-state index is 6.55. The lowest BCUT2D eigenvalue weighted by Crippen LogP contribution is -2.17. The summed E-state index contributed by atoms with van der Waals surface area (Å²) in [5, 5.41) is 0. The van der Waals surface area contributed by atoms with Crippen LogP contribution in [0.25, 0.3) is 5.76 Å². The number of benzene rings is 4. The number of hydrogen-bond donors (Lipinski definition) is 0. The Morgan fingerprint density at radius 3 is 2.29 bits per heavy atom. The van der Waals surface area contributed by atoms with Gasteiger partial charge in [-0.2, -0.15) is 0 Å². The smallest absolute Gasteiger partial charge is 0.161 e. The highest BCUT2D eigenvalue weighted by Gasteiger charge is 2.31. The van der Waals surface area contributed by atoms with E-state index < -0.39 is 0 Å². The number of nitrogens with zero attached hydrogens (tertiary/aromatic N) is 1. The molecule has 0 saturated heterocycles. The molecule has 0 amide bonds. The van der Waals surface area contributed by atoms with Crippen molar-refractivity contribution < 1.29 is 14.2 Å². The average Bonchev–Trinajstić information content (AvgIpc) is 2.92. The molecule has 0 saturated carbocycles. The molecule has 0 spiro atoms. The van der Waals surface area contributed by atoms with Gasteiger partial charge in [-0.25, -0.2) is 0 Å². The third-order valence-corrected chi connectivity index (χ3v) is 6.66. The van der Waals surface area contributed by atoms with E-state index >= 15 is 0 Å². The van der Waals surface area contributed by atoms with Crippen molar-refractivity contribution in [3.05, 3.63) is 124 Å². The van der Waals surface area contributed by atoms with E-state index in [1.54, 1.807) is 14.2 Å². The van der Waals surface area contributed by atoms with E-state index in [1.165, 1.54) is 0 Å². The second-order valence-corrected chi connectivity index (χ2v) is 8.90. The minimum Gasteiger partial charge on any atom is -0.493 e. The maximum absolute atomic E-state index is 6.55. The zero-order valence-electron chi connectivity index (χ0n) is 19.4. The fourth-order valence-electron chi connectivity index (χ4n) is 4.32. The van der Waals surface area contributed by atoms with Gasteiger partial charge in [-0.3, -0.25) is 4.99 Å². The van der Waals surface area contributed by atoms with Crippen molar-refractivity contribution in [1.29, 1.82) is 0 Å². The molecule has 1 unspecified atom stereocenters. The lowest BCUT2D eigenvalue weighted by atomic mass is 9.81. The molecule has 0 bridgehead atoms. The molecule has 0 aromatic heterocycles. The van der Waals surface area contributed by atoms with Crippen molar-refractivity contribution in [2.45, 2.75) is 5.92 Å². The van der Waals surface area contributed by atoms with Gasteiger partial charge in [0.2, 0.25) is 0 Å². The lowest BCUT2D eigenvalue weighted by Gasteiger charge is -2.30. The zero-order chi connectivity index (χ0) is 24.2. The molecule has 0 N–H and O–H groups in total. The summed E-state index contributed by atoms with van der Waals surface area (Å²) in [6.45, 7) is 0. The molecule has 4 aromatic rings. The second kappa shape index (κ2) is 10.2. The minimum absolute atomic E-state index is 0.0597. The second-order valence-electron chi connectivity index (χ2n) is 8.05.